The van der Waals surface area contributed by atoms with Gasteiger partial charge in [-0.3, -0.25) is 9.59 Å². The summed E-state index contributed by atoms with van der Waals surface area (Å²) in [6, 6.07) is 0. The van der Waals surface area contributed by atoms with E-state index in [4.69, 9.17) is 9.57 Å². The molecule has 0 aromatic carbocycles. The number of rotatable bonds is 6. The van der Waals surface area contributed by atoms with Crippen LogP contribution in [0.25, 0.3) is 0 Å². The summed E-state index contributed by atoms with van der Waals surface area (Å²) in [5.74, 6) is -1.89. The first-order valence-electron chi connectivity index (χ1n) is 5.71. The van der Waals surface area contributed by atoms with Crippen molar-refractivity contribution in [3.8, 4) is 0 Å². The molecular formula is C11H17NO5. The zero-order chi connectivity index (χ0) is 12.8. The van der Waals surface area contributed by atoms with Crippen molar-refractivity contribution in [1.82, 2.24) is 5.06 Å². The number of hydrogen-bond acceptors (Lipinski definition) is 5. The van der Waals surface area contributed by atoms with Gasteiger partial charge in [0.2, 0.25) is 0 Å². The second kappa shape index (κ2) is 6.34. The van der Waals surface area contributed by atoms with Crippen molar-refractivity contribution < 1.29 is 24.0 Å². The lowest BCUT2D eigenvalue weighted by molar-refractivity contribution is -0.200. The van der Waals surface area contributed by atoms with Crippen LogP contribution in [-0.2, 0) is 24.0 Å². The number of imide groups is 1. The van der Waals surface area contributed by atoms with Gasteiger partial charge in [0, 0.05) is 26.1 Å². The van der Waals surface area contributed by atoms with Crippen molar-refractivity contribution >= 4 is 17.8 Å². The molecular weight excluding hydrogens is 226 g/mol. The summed E-state index contributed by atoms with van der Waals surface area (Å²) in [4.78, 5) is 38.7. The minimum absolute atomic E-state index is 0.111. The third kappa shape index (κ3) is 3.81. The van der Waals surface area contributed by atoms with Gasteiger partial charge in [0.1, 0.15) is 0 Å². The average molecular weight is 243 g/mol. The Labute approximate surface area is 99.8 Å². The van der Waals surface area contributed by atoms with E-state index in [1.54, 1.807) is 6.92 Å². The molecule has 0 bridgehead atoms. The van der Waals surface area contributed by atoms with Crippen LogP contribution in [0.3, 0.4) is 0 Å². The number of carbonyl (C=O) groups is 3. The number of ether oxygens (including phenoxy) is 1. The first kappa shape index (κ1) is 13.6. The molecule has 0 aromatic heterocycles. The lowest BCUT2D eigenvalue weighted by Gasteiger charge is -2.16. The third-order valence-corrected chi connectivity index (χ3v) is 2.49. The van der Waals surface area contributed by atoms with Gasteiger partial charge < -0.3 is 9.57 Å². The smallest absolute Gasteiger partial charge is 0.336 e. The van der Waals surface area contributed by atoms with Crippen molar-refractivity contribution in [3.63, 3.8) is 0 Å². The molecule has 6 heteroatoms. The molecule has 6 nitrogen and oxygen atoms in total. The largest absolute Gasteiger partial charge is 0.382 e. The van der Waals surface area contributed by atoms with Gasteiger partial charge >= 0.3 is 5.97 Å². The normalized spacial score (nSPS) is 17.4. The monoisotopic (exact) mass is 243 g/mol. The standard InChI is InChI=1S/C11H17NO5/c1-3-16-7-6-8(2)11(15)17-12-9(13)4-5-10(12)14/h8H,3-7H2,1-2H3. The van der Waals surface area contributed by atoms with Crippen LogP contribution in [0.4, 0.5) is 0 Å². The molecule has 0 aliphatic carbocycles. The van der Waals surface area contributed by atoms with E-state index in [9.17, 15) is 14.4 Å². The van der Waals surface area contributed by atoms with E-state index in [0.717, 1.165) is 0 Å². The van der Waals surface area contributed by atoms with Gasteiger partial charge in [-0.25, -0.2) is 4.79 Å². The molecule has 1 atom stereocenters. The van der Waals surface area contributed by atoms with E-state index in [2.05, 4.69) is 0 Å². The number of hydroxylamine groups is 2. The average Bonchev–Trinajstić information content (AvgIpc) is 2.61. The third-order valence-electron chi connectivity index (χ3n) is 2.49. The Morgan fingerprint density at radius 2 is 1.94 bits per heavy atom. The maximum absolute atomic E-state index is 11.6. The summed E-state index contributed by atoms with van der Waals surface area (Å²) in [7, 11) is 0. The summed E-state index contributed by atoms with van der Waals surface area (Å²) in [6.45, 7) is 4.58. The van der Waals surface area contributed by atoms with Gasteiger partial charge in [0.25, 0.3) is 11.8 Å². The van der Waals surface area contributed by atoms with Gasteiger partial charge in [0.05, 0.1) is 5.92 Å². The molecule has 1 aliphatic heterocycles. The Hall–Kier alpha value is -1.43. The number of hydrogen-bond donors (Lipinski definition) is 0. The zero-order valence-electron chi connectivity index (χ0n) is 10.1. The molecule has 0 spiro atoms. The molecule has 0 radical (unpaired) electrons. The van der Waals surface area contributed by atoms with E-state index < -0.39 is 23.7 Å². The van der Waals surface area contributed by atoms with Gasteiger partial charge in [0.15, 0.2) is 0 Å². The van der Waals surface area contributed by atoms with Crippen LogP contribution in [0, 0.1) is 5.92 Å². The highest BCUT2D eigenvalue weighted by Gasteiger charge is 2.33. The molecule has 0 N–H and O–H groups in total. The Bertz CT molecular complexity index is 299. The van der Waals surface area contributed by atoms with Crippen molar-refractivity contribution in [2.45, 2.75) is 33.1 Å². The quantitative estimate of drug-likeness (QED) is 0.506. The van der Waals surface area contributed by atoms with Crippen molar-refractivity contribution in [2.24, 2.45) is 5.92 Å². The first-order valence-corrected chi connectivity index (χ1v) is 5.71. The lowest BCUT2D eigenvalue weighted by Crippen LogP contribution is -2.34. The summed E-state index contributed by atoms with van der Waals surface area (Å²) in [5.41, 5.74) is 0. The van der Waals surface area contributed by atoms with Crippen molar-refractivity contribution in [1.29, 1.82) is 0 Å². The summed E-state index contributed by atoms with van der Waals surface area (Å²) < 4.78 is 5.11. The van der Waals surface area contributed by atoms with E-state index in [1.807, 2.05) is 6.92 Å². The van der Waals surface area contributed by atoms with E-state index in [1.165, 1.54) is 0 Å². The van der Waals surface area contributed by atoms with Crippen LogP contribution >= 0.6 is 0 Å². The predicted molar refractivity (Wildman–Crippen MR) is 57.5 cm³/mol. The molecule has 1 fully saturated rings. The molecule has 0 saturated carbocycles. The molecule has 0 aromatic rings. The van der Waals surface area contributed by atoms with Crippen LogP contribution in [0.1, 0.15) is 33.1 Å². The first-order chi connectivity index (χ1) is 8.06. The topological polar surface area (TPSA) is 72.9 Å². The number of nitrogens with zero attached hydrogens (tertiary/aromatic N) is 1. The van der Waals surface area contributed by atoms with Crippen molar-refractivity contribution in [3.05, 3.63) is 0 Å². The van der Waals surface area contributed by atoms with Crippen LogP contribution in [-0.4, -0.2) is 36.1 Å². The van der Waals surface area contributed by atoms with Gasteiger partial charge in [-0.05, 0) is 13.3 Å². The second-order valence-corrected chi connectivity index (χ2v) is 3.88. The number of amides is 2. The molecule has 1 unspecified atom stereocenters. The second-order valence-electron chi connectivity index (χ2n) is 3.88. The zero-order valence-corrected chi connectivity index (χ0v) is 10.1. The van der Waals surface area contributed by atoms with Crippen LogP contribution in [0.15, 0.2) is 0 Å². The molecule has 1 saturated heterocycles. The predicted octanol–water partition coefficient (Wildman–Crippen LogP) is 0.656. The molecule has 2 amide bonds. The van der Waals surface area contributed by atoms with Crippen LogP contribution in [0.5, 0.6) is 0 Å². The fraction of sp³-hybridized carbons (Fsp3) is 0.727. The SMILES string of the molecule is CCOCCC(C)C(=O)ON1C(=O)CCC1=O. The maximum Gasteiger partial charge on any atom is 0.336 e. The fourth-order valence-electron chi connectivity index (χ4n) is 1.36. The fourth-order valence-corrected chi connectivity index (χ4v) is 1.36. The Kier molecular flexibility index (Phi) is 5.09. The Morgan fingerprint density at radius 1 is 1.35 bits per heavy atom. The highest BCUT2D eigenvalue weighted by atomic mass is 16.7. The number of carbonyl (C=O) groups excluding carboxylic acids is 3. The summed E-state index contributed by atoms with van der Waals surface area (Å²) >= 11 is 0. The molecule has 17 heavy (non-hydrogen) atoms. The summed E-state index contributed by atoms with van der Waals surface area (Å²) in [6.07, 6.45) is 0.724. The maximum atomic E-state index is 11.6. The molecule has 96 valence electrons. The Balaban J connectivity index is 2.37. The minimum Gasteiger partial charge on any atom is -0.382 e. The molecule has 1 rings (SSSR count). The van der Waals surface area contributed by atoms with E-state index in [0.29, 0.717) is 24.7 Å². The van der Waals surface area contributed by atoms with Crippen LogP contribution in [0.2, 0.25) is 0 Å². The summed E-state index contributed by atoms with van der Waals surface area (Å²) in [5, 5.41) is 0.569. The minimum atomic E-state index is -0.576. The van der Waals surface area contributed by atoms with Crippen LogP contribution < -0.4 is 0 Å². The molecule has 1 heterocycles. The lowest BCUT2D eigenvalue weighted by atomic mass is 10.1. The van der Waals surface area contributed by atoms with Gasteiger partial charge in [-0.15, -0.1) is 5.06 Å². The highest BCUT2D eigenvalue weighted by molar-refractivity contribution is 6.01. The molecule has 1 aliphatic rings. The van der Waals surface area contributed by atoms with E-state index >= 15 is 0 Å². The van der Waals surface area contributed by atoms with E-state index in [-0.39, 0.29) is 12.8 Å². The van der Waals surface area contributed by atoms with Gasteiger partial charge in [-0.2, -0.15) is 0 Å². The van der Waals surface area contributed by atoms with Crippen molar-refractivity contribution in [2.75, 3.05) is 13.2 Å². The van der Waals surface area contributed by atoms with Gasteiger partial charge in [-0.1, -0.05) is 6.92 Å². The highest BCUT2D eigenvalue weighted by Crippen LogP contribution is 2.14. The Morgan fingerprint density at radius 3 is 2.47 bits per heavy atom.